The zero-order chi connectivity index (χ0) is 19.4. The summed E-state index contributed by atoms with van der Waals surface area (Å²) in [7, 11) is 0. The van der Waals surface area contributed by atoms with Gasteiger partial charge in [-0.15, -0.1) is 0 Å². The molecule has 1 atom stereocenters. The molecule has 27 heavy (non-hydrogen) atoms. The first kappa shape index (κ1) is 18.2. The van der Waals surface area contributed by atoms with E-state index >= 15 is 0 Å². The number of ether oxygens (including phenoxy) is 2. The van der Waals surface area contributed by atoms with E-state index in [9.17, 15) is 14.4 Å². The highest BCUT2D eigenvalue weighted by Crippen LogP contribution is 2.26. The van der Waals surface area contributed by atoms with E-state index in [4.69, 9.17) is 15.2 Å². The molecule has 1 aliphatic rings. The molecule has 0 fully saturated rings. The molecule has 2 amide bonds. The number of anilines is 1. The fraction of sp³-hybridized carbons (Fsp3) is 0.150. The number of esters is 1. The lowest BCUT2D eigenvalue weighted by molar-refractivity contribution is -0.149. The van der Waals surface area contributed by atoms with E-state index in [-0.39, 0.29) is 6.61 Å². The molecule has 0 aliphatic carbocycles. The molecule has 0 saturated carbocycles. The number of nitrogens with two attached hydrogens (primary N) is 1. The van der Waals surface area contributed by atoms with Gasteiger partial charge in [0.15, 0.2) is 6.10 Å². The fourth-order valence-corrected chi connectivity index (χ4v) is 2.49. The van der Waals surface area contributed by atoms with Crippen LogP contribution in [0.3, 0.4) is 0 Å². The topological polar surface area (TPSA) is 108 Å². The van der Waals surface area contributed by atoms with Crippen LogP contribution in [0.2, 0.25) is 0 Å². The third-order valence-electron chi connectivity index (χ3n) is 3.98. The number of rotatable bonds is 5. The van der Waals surface area contributed by atoms with Gasteiger partial charge in [0.2, 0.25) is 5.91 Å². The zero-order valence-electron chi connectivity index (χ0n) is 14.6. The number of fused-ring (bicyclic) bond motifs is 1. The van der Waals surface area contributed by atoms with E-state index in [2.05, 4.69) is 5.32 Å². The molecule has 1 unspecified atom stereocenters. The van der Waals surface area contributed by atoms with Gasteiger partial charge in [-0.25, -0.2) is 4.79 Å². The van der Waals surface area contributed by atoms with Gasteiger partial charge < -0.3 is 20.5 Å². The third-order valence-corrected chi connectivity index (χ3v) is 3.98. The van der Waals surface area contributed by atoms with E-state index in [1.165, 1.54) is 19.1 Å². The molecule has 3 N–H and O–H groups in total. The number of amides is 2. The Labute approximate surface area is 155 Å². The number of carbonyl (C=O) groups excluding carboxylic acids is 3. The van der Waals surface area contributed by atoms with Crippen molar-refractivity contribution in [1.29, 1.82) is 0 Å². The monoisotopic (exact) mass is 366 g/mol. The number of hydrogen-bond donors (Lipinski definition) is 2. The van der Waals surface area contributed by atoms with E-state index in [1.54, 1.807) is 18.2 Å². The molecule has 7 nitrogen and oxygen atoms in total. The quantitative estimate of drug-likeness (QED) is 0.788. The van der Waals surface area contributed by atoms with Crippen LogP contribution < -0.4 is 15.8 Å². The van der Waals surface area contributed by atoms with Gasteiger partial charge in [-0.3, -0.25) is 9.59 Å². The summed E-state index contributed by atoms with van der Waals surface area (Å²) in [6, 6.07) is 13.4. The number of primary amides is 1. The van der Waals surface area contributed by atoms with Crippen molar-refractivity contribution >= 4 is 29.5 Å². The van der Waals surface area contributed by atoms with Gasteiger partial charge in [0, 0.05) is 16.8 Å². The van der Waals surface area contributed by atoms with Crippen LogP contribution in [-0.2, 0) is 14.3 Å². The van der Waals surface area contributed by atoms with Crippen molar-refractivity contribution in [2.24, 2.45) is 5.73 Å². The van der Waals surface area contributed by atoms with Gasteiger partial charge in [0.1, 0.15) is 12.4 Å². The second kappa shape index (κ2) is 7.74. The van der Waals surface area contributed by atoms with E-state index in [0.717, 1.165) is 5.56 Å². The van der Waals surface area contributed by atoms with Gasteiger partial charge >= 0.3 is 5.97 Å². The molecule has 1 heterocycles. The van der Waals surface area contributed by atoms with E-state index < -0.39 is 23.9 Å². The Morgan fingerprint density at radius 1 is 1.11 bits per heavy atom. The molecule has 3 rings (SSSR count). The van der Waals surface area contributed by atoms with Gasteiger partial charge in [-0.05, 0) is 43.3 Å². The normalized spacial score (nSPS) is 13.4. The van der Waals surface area contributed by atoms with Crippen LogP contribution in [0.15, 0.2) is 54.1 Å². The molecule has 2 aromatic rings. The average molecular weight is 366 g/mol. The van der Waals surface area contributed by atoms with Crippen LogP contribution in [0.25, 0.3) is 6.08 Å². The lowest BCUT2D eigenvalue weighted by atomic mass is 10.1. The highest BCUT2D eigenvalue weighted by atomic mass is 16.6. The van der Waals surface area contributed by atoms with Crippen LogP contribution in [-0.4, -0.2) is 30.5 Å². The Bertz CT molecular complexity index is 918. The number of benzene rings is 2. The van der Waals surface area contributed by atoms with Crippen LogP contribution >= 0.6 is 0 Å². The predicted octanol–water partition coefficient (Wildman–Crippen LogP) is 2.13. The number of para-hydroxylation sites is 1. The van der Waals surface area contributed by atoms with Crippen LogP contribution in [0.4, 0.5) is 5.69 Å². The number of nitrogens with one attached hydrogen (secondary N) is 1. The lowest BCUT2D eigenvalue weighted by Gasteiger charge is -2.19. The Hall–Kier alpha value is -3.61. The Morgan fingerprint density at radius 3 is 2.52 bits per heavy atom. The second-order valence-corrected chi connectivity index (χ2v) is 5.97. The fourth-order valence-electron chi connectivity index (χ4n) is 2.49. The van der Waals surface area contributed by atoms with Gasteiger partial charge in [0.05, 0.1) is 5.57 Å². The average Bonchev–Trinajstić information content (AvgIpc) is 2.67. The maximum absolute atomic E-state index is 12.3. The molecule has 0 aromatic heterocycles. The van der Waals surface area contributed by atoms with Crippen molar-refractivity contribution in [2.45, 2.75) is 13.0 Å². The minimum absolute atomic E-state index is 0.0821. The highest BCUT2D eigenvalue weighted by Gasteiger charge is 2.23. The molecule has 0 saturated heterocycles. The molecular formula is C20H18N2O5. The van der Waals surface area contributed by atoms with Gasteiger partial charge in [-0.2, -0.15) is 0 Å². The zero-order valence-corrected chi connectivity index (χ0v) is 14.6. The van der Waals surface area contributed by atoms with Crippen molar-refractivity contribution in [3.63, 3.8) is 0 Å². The lowest BCUT2D eigenvalue weighted by Crippen LogP contribution is -2.31. The molecule has 1 aliphatic heterocycles. The van der Waals surface area contributed by atoms with E-state index in [0.29, 0.717) is 22.6 Å². The first-order valence-corrected chi connectivity index (χ1v) is 8.28. The van der Waals surface area contributed by atoms with Gasteiger partial charge in [0.25, 0.3) is 5.91 Å². The summed E-state index contributed by atoms with van der Waals surface area (Å²) in [5.74, 6) is -0.969. The molecule has 138 valence electrons. The van der Waals surface area contributed by atoms with Crippen molar-refractivity contribution in [2.75, 3.05) is 11.9 Å². The smallest absolute Gasteiger partial charge is 0.338 e. The van der Waals surface area contributed by atoms with Crippen LogP contribution in [0, 0.1) is 0 Å². The highest BCUT2D eigenvalue weighted by molar-refractivity contribution is 6.00. The third kappa shape index (κ3) is 4.33. The summed E-state index contributed by atoms with van der Waals surface area (Å²) < 4.78 is 10.7. The molecule has 0 spiro atoms. The Morgan fingerprint density at radius 2 is 1.81 bits per heavy atom. The Kier molecular flexibility index (Phi) is 5.21. The maximum atomic E-state index is 12.3. The summed E-state index contributed by atoms with van der Waals surface area (Å²) in [5, 5.41) is 2.61. The van der Waals surface area contributed by atoms with Crippen molar-refractivity contribution < 1.29 is 23.9 Å². The summed E-state index contributed by atoms with van der Waals surface area (Å²) in [5.41, 5.74) is 7.07. The van der Waals surface area contributed by atoms with Gasteiger partial charge in [-0.1, -0.05) is 18.2 Å². The number of hydrogen-bond acceptors (Lipinski definition) is 5. The summed E-state index contributed by atoms with van der Waals surface area (Å²) in [6.07, 6.45) is 0.681. The maximum Gasteiger partial charge on any atom is 0.338 e. The number of carbonyl (C=O) groups is 3. The van der Waals surface area contributed by atoms with Crippen LogP contribution in [0.1, 0.15) is 22.8 Å². The molecular weight excluding hydrogens is 348 g/mol. The first-order valence-electron chi connectivity index (χ1n) is 8.28. The van der Waals surface area contributed by atoms with Crippen molar-refractivity contribution in [3.8, 4) is 5.75 Å². The van der Waals surface area contributed by atoms with Crippen LogP contribution in [0.5, 0.6) is 5.75 Å². The minimum atomic E-state index is -1.01. The minimum Gasteiger partial charge on any atom is -0.488 e. The van der Waals surface area contributed by atoms with Crippen molar-refractivity contribution in [3.05, 3.63) is 65.2 Å². The molecule has 2 aromatic carbocycles. The van der Waals surface area contributed by atoms with E-state index in [1.807, 2.05) is 24.3 Å². The molecule has 0 radical (unpaired) electrons. The largest absolute Gasteiger partial charge is 0.488 e. The Balaban J connectivity index is 1.60. The van der Waals surface area contributed by atoms with Crippen molar-refractivity contribution in [1.82, 2.24) is 0 Å². The summed E-state index contributed by atoms with van der Waals surface area (Å²) >= 11 is 0. The predicted molar refractivity (Wildman–Crippen MR) is 99.1 cm³/mol. The standard InChI is InChI=1S/C20H18N2O5/c1-12(19(24)22-16-8-6-13(7-9-16)18(21)23)27-20(25)15-10-14-4-2-3-5-17(14)26-11-15/h2-10,12H,11H2,1H3,(H2,21,23)(H,22,24). The second-order valence-electron chi connectivity index (χ2n) is 5.97. The molecule has 0 bridgehead atoms. The first-order chi connectivity index (χ1) is 12.9. The SMILES string of the molecule is CC(OC(=O)C1=Cc2ccccc2OC1)C(=O)Nc1ccc(C(N)=O)cc1. The molecule has 7 heteroatoms. The summed E-state index contributed by atoms with van der Waals surface area (Å²) in [4.78, 5) is 35.6. The summed E-state index contributed by atoms with van der Waals surface area (Å²) in [6.45, 7) is 1.56.